The van der Waals surface area contributed by atoms with Gasteiger partial charge in [-0.15, -0.1) is 11.3 Å². The zero-order chi connectivity index (χ0) is 14.7. The van der Waals surface area contributed by atoms with Crippen LogP contribution in [0.5, 0.6) is 0 Å². The number of aromatic nitrogens is 1. The number of hydrogen-bond donors (Lipinski definition) is 0. The van der Waals surface area contributed by atoms with E-state index >= 15 is 0 Å². The fourth-order valence-electron chi connectivity index (χ4n) is 2.40. The third kappa shape index (κ3) is 2.34. The Morgan fingerprint density at radius 3 is 2.15 bits per heavy atom. The smallest absolute Gasteiger partial charge is 0.399 e. The van der Waals surface area contributed by atoms with Crippen LogP contribution in [-0.4, -0.2) is 23.3 Å². The van der Waals surface area contributed by atoms with Crippen LogP contribution in [0.4, 0.5) is 0 Å². The zero-order valence-corrected chi connectivity index (χ0v) is 14.1. The van der Waals surface area contributed by atoms with Crippen molar-refractivity contribution in [3.8, 4) is 0 Å². The first-order valence-electron chi connectivity index (χ1n) is 7.57. The fraction of sp³-hybridized carbons (Fsp3) is 0.800. The zero-order valence-electron chi connectivity index (χ0n) is 13.3. The van der Waals surface area contributed by atoms with Crippen LogP contribution in [0.2, 0.25) is 0 Å². The van der Waals surface area contributed by atoms with E-state index in [1.54, 1.807) is 11.3 Å². The average molecular weight is 293 g/mol. The van der Waals surface area contributed by atoms with Crippen molar-refractivity contribution in [2.24, 2.45) is 0 Å². The van der Waals surface area contributed by atoms with Gasteiger partial charge in [0.15, 0.2) is 0 Å². The molecule has 110 valence electrons. The predicted octanol–water partition coefficient (Wildman–Crippen LogP) is 3.44. The number of hydrogen-bond acceptors (Lipinski definition) is 4. The Bertz CT molecular complexity index is 504. The minimum Gasteiger partial charge on any atom is -0.399 e. The van der Waals surface area contributed by atoms with Gasteiger partial charge in [-0.3, -0.25) is 0 Å². The predicted molar refractivity (Wildman–Crippen MR) is 83.9 cm³/mol. The lowest BCUT2D eigenvalue weighted by Gasteiger charge is -2.32. The van der Waals surface area contributed by atoms with Crippen molar-refractivity contribution in [2.75, 3.05) is 0 Å². The topological polar surface area (TPSA) is 31.4 Å². The lowest BCUT2D eigenvalue weighted by molar-refractivity contribution is 0.00578. The van der Waals surface area contributed by atoms with Crippen molar-refractivity contribution in [2.45, 2.75) is 77.4 Å². The maximum Gasteiger partial charge on any atom is 0.507 e. The first kappa shape index (κ1) is 14.5. The molecule has 0 atom stereocenters. The van der Waals surface area contributed by atoms with E-state index in [2.05, 4.69) is 41.5 Å². The molecular weight excluding hydrogens is 269 g/mol. The molecule has 0 amide bonds. The van der Waals surface area contributed by atoms with Crippen LogP contribution >= 0.6 is 11.3 Å². The molecule has 2 aliphatic rings. The van der Waals surface area contributed by atoms with E-state index in [4.69, 9.17) is 14.3 Å². The van der Waals surface area contributed by atoms with E-state index in [9.17, 15) is 0 Å². The van der Waals surface area contributed by atoms with Crippen LogP contribution in [-0.2, 0) is 9.31 Å². The second-order valence-corrected chi connectivity index (χ2v) is 8.38. The van der Waals surface area contributed by atoms with E-state index in [0.717, 1.165) is 5.69 Å². The Morgan fingerprint density at radius 1 is 1.15 bits per heavy atom. The summed E-state index contributed by atoms with van der Waals surface area (Å²) in [6, 6.07) is 0. The van der Waals surface area contributed by atoms with Crippen LogP contribution in [0.15, 0.2) is 0 Å². The SMILES string of the molecule is CC(C)c1nc(C2CC2)sc1B1OC(C)(C)C(C)(C)O1. The molecule has 0 N–H and O–H groups in total. The molecule has 1 aromatic heterocycles. The molecule has 1 aliphatic carbocycles. The van der Waals surface area contributed by atoms with Crippen molar-refractivity contribution in [3.63, 3.8) is 0 Å². The molecule has 0 aromatic carbocycles. The molecule has 1 aliphatic heterocycles. The minimum absolute atomic E-state index is 0.262. The summed E-state index contributed by atoms with van der Waals surface area (Å²) in [5.74, 6) is 1.10. The number of rotatable bonds is 3. The second kappa shape index (κ2) is 4.55. The largest absolute Gasteiger partial charge is 0.507 e. The summed E-state index contributed by atoms with van der Waals surface area (Å²) in [4.78, 5) is 4.87. The second-order valence-electron chi connectivity index (χ2n) is 7.32. The number of nitrogens with zero attached hydrogens (tertiary/aromatic N) is 1. The maximum atomic E-state index is 6.20. The van der Waals surface area contributed by atoms with Crippen LogP contribution in [0, 0.1) is 0 Å². The van der Waals surface area contributed by atoms with Crippen LogP contribution in [0.3, 0.4) is 0 Å². The standard InChI is InChI=1S/C15H24BNO2S/c1-9(2)11-12(20-13(17-11)10-7-8-10)16-18-14(3,4)15(5,6)19-16/h9-10H,7-8H2,1-6H3. The van der Waals surface area contributed by atoms with Gasteiger partial charge in [0.05, 0.1) is 26.7 Å². The molecule has 0 spiro atoms. The molecule has 0 bridgehead atoms. The van der Waals surface area contributed by atoms with Gasteiger partial charge in [-0.1, -0.05) is 13.8 Å². The van der Waals surface area contributed by atoms with Gasteiger partial charge in [-0.05, 0) is 46.5 Å². The quantitative estimate of drug-likeness (QED) is 0.800. The summed E-state index contributed by atoms with van der Waals surface area (Å²) < 4.78 is 13.6. The van der Waals surface area contributed by atoms with E-state index < -0.39 is 0 Å². The van der Waals surface area contributed by atoms with E-state index in [1.165, 1.54) is 22.6 Å². The summed E-state index contributed by atoms with van der Waals surface area (Å²) in [5.41, 5.74) is 0.598. The van der Waals surface area contributed by atoms with Crippen LogP contribution < -0.4 is 4.78 Å². The van der Waals surface area contributed by atoms with Crippen molar-refractivity contribution >= 4 is 23.2 Å². The lowest BCUT2D eigenvalue weighted by atomic mass is 9.84. The molecule has 20 heavy (non-hydrogen) atoms. The van der Waals surface area contributed by atoms with Gasteiger partial charge in [0, 0.05) is 5.92 Å². The molecule has 0 unspecified atom stereocenters. The van der Waals surface area contributed by atoms with E-state index in [0.29, 0.717) is 11.8 Å². The Kier molecular flexibility index (Phi) is 3.31. The highest BCUT2D eigenvalue weighted by Crippen LogP contribution is 2.43. The molecular formula is C15H24BNO2S. The Hall–Kier alpha value is -0.385. The van der Waals surface area contributed by atoms with Crippen molar-refractivity contribution in [1.82, 2.24) is 4.98 Å². The van der Waals surface area contributed by atoms with E-state index in [-0.39, 0.29) is 18.3 Å². The Balaban J connectivity index is 1.94. The molecule has 3 rings (SSSR count). The normalized spacial score (nSPS) is 24.6. The molecule has 2 fully saturated rings. The van der Waals surface area contributed by atoms with Gasteiger partial charge in [0.25, 0.3) is 0 Å². The molecule has 1 aromatic rings. The highest BCUT2D eigenvalue weighted by Gasteiger charge is 2.53. The van der Waals surface area contributed by atoms with Gasteiger partial charge in [-0.25, -0.2) is 4.98 Å². The van der Waals surface area contributed by atoms with Gasteiger partial charge in [-0.2, -0.15) is 0 Å². The van der Waals surface area contributed by atoms with Gasteiger partial charge in [0.2, 0.25) is 0 Å². The lowest BCUT2D eigenvalue weighted by Crippen LogP contribution is -2.41. The first-order chi connectivity index (χ1) is 9.21. The minimum atomic E-state index is -0.282. The van der Waals surface area contributed by atoms with Gasteiger partial charge in [0.1, 0.15) is 0 Å². The summed E-state index contributed by atoms with van der Waals surface area (Å²) in [5, 5.41) is 1.28. The molecule has 3 nitrogen and oxygen atoms in total. The molecule has 1 saturated heterocycles. The van der Waals surface area contributed by atoms with Gasteiger partial charge < -0.3 is 9.31 Å². The van der Waals surface area contributed by atoms with Gasteiger partial charge >= 0.3 is 7.12 Å². The summed E-state index contributed by atoms with van der Waals surface area (Å²) in [6.07, 6.45) is 2.57. The summed E-state index contributed by atoms with van der Waals surface area (Å²) >= 11 is 1.80. The highest BCUT2D eigenvalue weighted by molar-refractivity contribution is 7.22. The Labute approximate surface area is 126 Å². The average Bonchev–Trinajstić information content (AvgIpc) is 3.00. The Morgan fingerprint density at radius 2 is 1.70 bits per heavy atom. The molecule has 1 saturated carbocycles. The maximum absolute atomic E-state index is 6.20. The first-order valence-corrected chi connectivity index (χ1v) is 8.39. The van der Waals surface area contributed by atoms with Crippen molar-refractivity contribution in [1.29, 1.82) is 0 Å². The molecule has 0 radical (unpaired) electrons. The van der Waals surface area contributed by atoms with Crippen LogP contribution in [0.25, 0.3) is 0 Å². The van der Waals surface area contributed by atoms with Crippen molar-refractivity contribution < 1.29 is 9.31 Å². The number of thiazole rings is 1. The van der Waals surface area contributed by atoms with E-state index in [1.807, 2.05) is 0 Å². The fourth-order valence-corrected chi connectivity index (χ4v) is 3.75. The monoisotopic (exact) mass is 293 g/mol. The molecule has 2 heterocycles. The highest BCUT2D eigenvalue weighted by atomic mass is 32.1. The summed E-state index contributed by atoms with van der Waals surface area (Å²) in [7, 11) is -0.262. The summed E-state index contributed by atoms with van der Waals surface area (Å²) in [6.45, 7) is 12.8. The molecule has 5 heteroatoms. The van der Waals surface area contributed by atoms with Crippen molar-refractivity contribution in [3.05, 3.63) is 10.7 Å². The van der Waals surface area contributed by atoms with Crippen LogP contribution in [0.1, 0.15) is 76.9 Å². The third-order valence-electron chi connectivity index (χ3n) is 4.64. The third-order valence-corrected chi connectivity index (χ3v) is 5.89.